The van der Waals surface area contributed by atoms with Crippen LogP contribution in [0.2, 0.25) is 0 Å². The predicted molar refractivity (Wildman–Crippen MR) is 93.9 cm³/mol. The van der Waals surface area contributed by atoms with Crippen LogP contribution in [0.3, 0.4) is 0 Å². The third kappa shape index (κ3) is 4.73. The molecule has 1 amide bonds. The fraction of sp³-hybridized carbons (Fsp3) is 0.444. The first-order valence-corrected chi connectivity index (χ1v) is 8.16. The molecule has 1 heterocycles. The van der Waals surface area contributed by atoms with E-state index in [2.05, 4.69) is 10.3 Å². The molecule has 7 nitrogen and oxygen atoms in total. The van der Waals surface area contributed by atoms with E-state index in [0.29, 0.717) is 30.4 Å². The fourth-order valence-corrected chi connectivity index (χ4v) is 2.28. The van der Waals surface area contributed by atoms with E-state index in [9.17, 15) is 4.79 Å². The summed E-state index contributed by atoms with van der Waals surface area (Å²) < 4.78 is 15.8. The minimum atomic E-state index is -0.326. The van der Waals surface area contributed by atoms with Crippen molar-refractivity contribution in [3.63, 3.8) is 0 Å². The molecule has 1 aromatic carbocycles. The van der Waals surface area contributed by atoms with Crippen LogP contribution in [0.25, 0.3) is 0 Å². The van der Waals surface area contributed by atoms with Crippen molar-refractivity contribution in [3.8, 4) is 11.5 Å². The Morgan fingerprint density at radius 1 is 1.28 bits per heavy atom. The summed E-state index contributed by atoms with van der Waals surface area (Å²) in [6, 6.07) is 5.34. The minimum Gasteiger partial charge on any atom is -0.493 e. The lowest BCUT2D eigenvalue weighted by atomic mass is 10.1. The van der Waals surface area contributed by atoms with Gasteiger partial charge < -0.3 is 24.9 Å². The molecule has 3 N–H and O–H groups in total. The maximum Gasteiger partial charge on any atom is 0.273 e. The monoisotopic (exact) mass is 347 g/mol. The summed E-state index contributed by atoms with van der Waals surface area (Å²) in [6.45, 7) is 4.40. The first kappa shape index (κ1) is 18.8. The van der Waals surface area contributed by atoms with Crippen molar-refractivity contribution in [3.05, 3.63) is 41.6 Å². The molecule has 1 atom stereocenters. The Morgan fingerprint density at radius 2 is 2.00 bits per heavy atom. The summed E-state index contributed by atoms with van der Waals surface area (Å²) >= 11 is 0. The average molecular weight is 347 g/mol. The molecule has 0 saturated carbocycles. The molecule has 136 valence electrons. The first-order chi connectivity index (χ1) is 12.0. The number of ether oxygens (including phenoxy) is 2. The van der Waals surface area contributed by atoms with Crippen molar-refractivity contribution in [2.45, 2.75) is 26.3 Å². The van der Waals surface area contributed by atoms with Crippen molar-refractivity contribution >= 4 is 5.91 Å². The molecule has 2 rings (SSSR count). The number of nitrogens with zero attached hydrogens (tertiary/aromatic N) is 1. The van der Waals surface area contributed by atoms with Crippen LogP contribution in [0.4, 0.5) is 0 Å². The zero-order valence-electron chi connectivity index (χ0n) is 15.0. The molecule has 0 aliphatic carbocycles. The van der Waals surface area contributed by atoms with E-state index in [4.69, 9.17) is 19.6 Å². The van der Waals surface area contributed by atoms with E-state index in [-0.39, 0.29) is 23.6 Å². The lowest BCUT2D eigenvalue weighted by Gasteiger charge is -2.10. The van der Waals surface area contributed by atoms with Gasteiger partial charge in [-0.25, -0.2) is 4.98 Å². The number of nitrogens with two attached hydrogens (primary N) is 1. The van der Waals surface area contributed by atoms with Crippen molar-refractivity contribution in [2.24, 2.45) is 11.7 Å². The summed E-state index contributed by atoms with van der Waals surface area (Å²) in [5, 5.41) is 2.82. The topological polar surface area (TPSA) is 99.6 Å². The number of oxazole rings is 1. The maximum atomic E-state index is 12.1. The second-order valence-electron chi connectivity index (χ2n) is 6.04. The Hall–Kier alpha value is -2.54. The highest BCUT2D eigenvalue weighted by Gasteiger charge is 2.19. The zero-order chi connectivity index (χ0) is 18.4. The number of aromatic nitrogens is 1. The highest BCUT2D eigenvalue weighted by molar-refractivity contribution is 5.91. The van der Waals surface area contributed by atoms with E-state index in [1.54, 1.807) is 14.2 Å². The normalized spacial score (nSPS) is 12.1. The van der Waals surface area contributed by atoms with Crippen LogP contribution in [0, 0.1) is 5.92 Å². The second-order valence-corrected chi connectivity index (χ2v) is 6.04. The molecule has 0 spiro atoms. The zero-order valence-corrected chi connectivity index (χ0v) is 15.0. The second kappa shape index (κ2) is 8.53. The van der Waals surface area contributed by atoms with Gasteiger partial charge in [0.15, 0.2) is 17.2 Å². The average Bonchev–Trinajstić information content (AvgIpc) is 3.10. The summed E-state index contributed by atoms with van der Waals surface area (Å²) in [4.78, 5) is 16.3. The number of hydrogen-bond acceptors (Lipinski definition) is 6. The number of carbonyl (C=O) groups excluding carboxylic acids is 1. The lowest BCUT2D eigenvalue weighted by Crippen LogP contribution is -2.26. The molecule has 2 aromatic rings. The molecule has 1 aromatic heterocycles. The lowest BCUT2D eigenvalue weighted by molar-refractivity contribution is 0.0949. The Kier molecular flexibility index (Phi) is 6.41. The summed E-state index contributed by atoms with van der Waals surface area (Å²) in [5.74, 6) is 1.60. The Balaban J connectivity index is 1.90. The number of nitrogens with one attached hydrogen (secondary N) is 1. The highest BCUT2D eigenvalue weighted by atomic mass is 16.5. The van der Waals surface area contributed by atoms with Gasteiger partial charge in [0, 0.05) is 6.54 Å². The van der Waals surface area contributed by atoms with Crippen LogP contribution in [0.5, 0.6) is 11.5 Å². The maximum absolute atomic E-state index is 12.1. The van der Waals surface area contributed by atoms with Gasteiger partial charge in [0.25, 0.3) is 5.91 Å². The van der Waals surface area contributed by atoms with Gasteiger partial charge in [0.1, 0.15) is 6.26 Å². The molecule has 0 radical (unpaired) electrons. The van der Waals surface area contributed by atoms with Gasteiger partial charge in [0.05, 0.1) is 20.3 Å². The van der Waals surface area contributed by atoms with Crippen LogP contribution < -0.4 is 20.5 Å². The molecular weight excluding hydrogens is 322 g/mol. The smallest absolute Gasteiger partial charge is 0.273 e. The Labute approximate surface area is 147 Å². The first-order valence-electron chi connectivity index (χ1n) is 8.16. The van der Waals surface area contributed by atoms with E-state index >= 15 is 0 Å². The molecule has 0 bridgehead atoms. The predicted octanol–water partition coefficient (Wildman–Crippen LogP) is 2.32. The fourth-order valence-electron chi connectivity index (χ4n) is 2.28. The van der Waals surface area contributed by atoms with Crippen LogP contribution in [-0.4, -0.2) is 31.7 Å². The van der Waals surface area contributed by atoms with E-state index in [1.807, 2.05) is 32.0 Å². The van der Waals surface area contributed by atoms with Crippen LogP contribution in [-0.2, 0) is 6.42 Å². The van der Waals surface area contributed by atoms with Crippen molar-refractivity contribution < 1.29 is 18.7 Å². The summed E-state index contributed by atoms with van der Waals surface area (Å²) in [6.07, 6.45) is 1.99. The van der Waals surface area contributed by atoms with Crippen molar-refractivity contribution in [2.75, 3.05) is 20.8 Å². The van der Waals surface area contributed by atoms with Gasteiger partial charge in [-0.15, -0.1) is 0 Å². The number of carbonyl (C=O) groups is 1. The van der Waals surface area contributed by atoms with E-state index < -0.39 is 0 Å². The molecular formula is C18H25N3O4. The molecule has 0 saturated heterocycles. The number of benzene rings is 1. The van der Waals surface area contributed by atoms with Gasteiger partial charge in [-0.2, -0.15) is 0 Å². The van der Waals surface area contributed by atoms with Crippen LogP contribution in [0.1, 0.15) is 41.8 Å². The van der Waals surface area contributed by atoms with Crippen LogP contribution >= 0.6 is 0 Å². The summed E-state index contributed by atoms with van der Waals surface area (Å²) in [7, 11) is 3.18. The van der Waals surface area contributed by atoms with Gasteiger partial charge in [0.2, 0.25) is 5.89 Å². The molecule has 0 fully saturated rings. The van der Waals surface area contributed by atoms with E-state index in [1.165, 1.54) is 6.26 Å². The van der Waals surface area contributed by atoms with Gasteiger partial charge in [-0.3, -0.25) is 4.79 Å². The minimum absolute atomic E-state index is 0.180. The van der Waals surface area contributed by atoms with Gasteiger partial charge >= 0.3 is 0 Å². The van der Waals surface area contributed by atoms with Crippen LogP contribution in [0.15, 0.2) is 28.9 Å². The standard InChI is InChI=1S/C18H25N3O4/c1-11(2)16(19)18-21-13(10-25-18)17(22)20-8-7-12-5-6-14(23-3)15(9-12)24-4/h5-6,9-11,16H,7-8,19H2,1-4H3,(H,20,22). The number of methoxy groups -OCH3 is 2. The van der Waals surface area contributed by atoms with Crippen molar-refractivity contribution in [1.29, 1.82) is 0 Å². The number of amides is 1. The third-order valence-corrected chi connectivity index (χ3v) is 3.91. The molecule has 0 aliphatic rings. The Bertz CT molecular complexity index is 712. The molecule has 7 heteroatoms. The largest absolute Gasteiger partial charge is 0.493 e. The van der Waals surface area contributed by atoms with Gasteiger partial charge in [-0.1, -0.05) is 19.9 Å². The summed E-state index contributed by atoms with van der Waals surface area (Å²) in [5.41, 5.74) is 7.23. The SMILES string of the molecule is COc1ccc(CCNC(=O)c2coc(C(N)C(C)C)n2)cc1OC. The molecule has 25 heavy (non-hydrogen) atoms. The van der Waals surface area contributed by atoms with Crippen molar-refractivity contribution in [1.82, 2.24) is 10.3 Å². The quantitative estimate of drug-likeness (QED) is 0.760. The Morgan fingerprint density at radius 3 is 2.64 bits per heavy atom. The molecule has 0 aliphatic heterocycles. The van der Waals surface area contributed by atoms with Gasteiger partial charge in [-0.05, 0) is 30.0 Å². The highest BCUT2D eigenvalue weighted by Crippen LogP contribution is 2.27. The molecule has 1 unspecified atom stereocenters. The number of hydrogen-bond donors (Lipinski definition) is 2. The number of rotatable bonds is 8. The third-order valence-electron chi connectivity index (χ3n) is 3.91. The van der Waals surface area contributed by atoms with E-state index in [0.717, 1.165) is 5.56 Å².